The third-order valence-electron chi connectivity index (χ3n) is 2.78. The van der Waals surface area contributed by atoms with E-state index in [-0.39, 0.29) is 6.10 Å². The lowest BCUT2D eigenvalue weighted by molar-refractivity contribution is -0.0118. The molecule has 4 heteroatoms. The van der Waals surface area contributed by atoms with Crippen molar-refractivity contribution in [1.82, 2.24) is 5.32 Å². The molecule has 0 bridgehead atoms. The quantitative estimate of drug-likeness (QED) is 0.752. The van der Waals surface area contributed by atoms with E-state index in [4.69, 9.17) is 9.47 Å². The number of hydrogen-bond donors (Lipinski definition) is 1. The fourth-order valence-corrected chi connectivity index (χ4v) is 2.19. The Bertz CT molecular complexity index is 371. The van der Waals surface area contributed by atoms with Gasteiger partial charge < -0.3 is 14.8 Å². The van der Waals surface area contributed by atoms with E-state index in [2.05, 4.69) is 46.4 Å². The molecule has 108 valence electrons. The number of hydrogen-bond acceptors (Lipinski definition) is 3. The highest BCUT2D eigenvalue weighted by Crippen LogP contribution is 2.20. The third-order valence-corrected chi connectivity index (χ3v) is 3.51. The number of benzene rings is 1. The maximum atomic E-state index is 5.76. The highest BCUT2D eigenvalue weighted by Gasteiger charge is 2.06. The van der Waals surface area contributed by atoms with Gasteiger partial charge in [0.1, 0.15) is 0 Å². The van der Waals surface area contributed by atoms with Crippen molar-refractivity contribution in [2.75, 3.05) is 19.8 Å². The third kappa shape index (κ3) is 6.52. The second-order valence-corrected chi connectivity index (χ2v) is 5.34. The molecule has 0 aliphatic rings. The van der Waals surface area contributed by atoms with Crippen LogP contribution in [-0.2, 0) is 22.6 Å². The molecule has 1 unspecified atom stereocenters. The van der Waals surface area contributed by atoms with Crippen molar-refractivity contribution in [1.29, 1.82) is 0 Å². The van der Waals surface area contributed by atoms with E-state index in [0.29, 0.717) is 13.2 Å². The van der Waals surface area contributed by atoms with Crippen LogP contribution < -0.4 is 5.32 Å². The zero-order chi connectivity index (χ0) is 14.1. The average molecular weight is 330 g/mol. The zero-order valence-corrected chi connectivity index (χ0v) is 13.6. The first-order valence-corrected chi connectivity index (χ1v) is 7.64. The molecule has 0 heterocycles. The predicted octanol–water partition coefficient (Wildman–Crippen LogP) is 3.50. The Morgan fingerprint density at radius 2 is 2.11 bits per heavy atom. The van der Waals surface area contributed by atoms with Gasteiger partial charge in [-0.25, -0.2) is 0 Å². The van der Waals surface area contributed by atoms with Crippen LogP contribution in [0.25, 0.3) is 0 Å². The van der Waals surface area contributed by atoms with Crippen LogP contribution in [0.3, 0.4) is 0 Å². The molecule has 1 rings (SSSR count). The topological polar surface area (TPSA) is 30.5 Å². The molecule has 1 N–H and O–H groups in total. The first-order chi connectivity index (χ1) is 9.17. The summed E-state index contributed by atoms with van der Waals surface area (Å²) in [4.78, 5) is 0. The number of ether oxygens (including phenoxy) is 2. The zero-order valence-electron chi connectivity index (χ0n) is 12.0. The van der Waals surface area contributed by atoms with Crippen LogP contribution in [0.5, 0.6) is 0 Å². The molecule has 0 aliphatic carbocycles. The van der Waals surface area contributed by atoms with E-state index in [9.17, 15) is 0 Å². The smallest absolute Gasteiger partial charge is 0.0785 e. The monoisotopic (exact) mass is 329 g/mol. The van der Waals surface area contributed by atoms with Crippen LogP contribution >= 0.6 is 15.9 Å². The Morgan fingerprint density at radius 1 is 1.32 bits per heavy atom. The molecule has 1 atom stereocenters. The molecular formula is C15H24BrNO2. The van der Waals surface area contributed by atoms with Crippen molar-refractivity contribution in [2.45, 2.75) is 40.0 Å². The number of rotatable bonds is 9. The molecule has 0 radical (unpaired) electrons. The Hall–Kier alpha value is -0.420. The highest BCUT2D eigenvalue weighted by molar-refractivity contribution is 9.10. The maximum Gasteiger partial charge on any atom is 0.0785 e. The van der Waals surface area contributed by atoms with Crippen molar-refractivity contribution < 1.29 is 9.47 Å². The fourth-order valence-electron chi connectivity index (χ4n) is 1.65. The molecule has 19 heavy (non-hydrogen) atoms. The standard InChI is InChI=1S/C15H24BrNO2/c1-4-17-9-13-6-7-14(15(16)8-13)11-19-12(3)10-18-5-2/h6-8,12,17H,4-5,9-11H2,1-3H3. The lowest BCUT2D eigenvalue weighted by Crippen LogP contribution is -2.16. The van der Waals surface area contributed by atoms with Crippen molar-refractivity contribution in [3.63, 3.8) is 0 Å². The second-order valence-electron chi connectivity index (χ2n) is 4.49. The van der Waals surface area contributed by atoms with Crippen LogP contribution in [0.15, 0.2) is 22.7 Å². The summed E-state index contributed by atoms with van der Waals surface area (Å²) in [6, 6.07) is 6.40. The minimum atomic E-state index is 0.119. The van der Waals surface area contributed by atoms with Gasteiger partial charge in [0.25, 0.3) is 0 Å². The molecule has 0 fully saturated rings. The predicted molar refractivity (Wildman–Crippen MR) is 82.3 cm³/mol. The Morgan fingerprint density at radius 3 is 2.74 bits per heavy atom. The summed E-state index contributed by atoms with van der Waals surface area (Å²) in [7, 11) is 0. The van der Waals surface area contributed by atoms with E-state index in [1.165, 1.54) is 11.1 Å². The molecule has 0 amide bonds. The van der Waals surface area contributed by atoms with Gasteiger partial charge in [-0.15, -0.1) is 0 Å². The van der Waals surface area contributed by atoms with Gasteiger partial charge in [0, 0.05) is 17.6 Å². The summed E-state index contributed by atoms with van der Waals surface area (Å²) < 4.78 is 12.2. The minimum Gasteiger partial charge on any atom is -0.379 e. The van der Waals surface area contributed by atoms with Gasteiger partial charge in [0.2, 0.25) is 0 Å². The molecule has 0 saturated carbocycles. The molecule has 0 aliphatic heterocycles. The summed E-state index contributed by atoms with van der Waals surface area (Å²) in [6.07, 6.45) is 0.119. The van der Waals surface area contributed by atoms with E-state index in [1.807, 2.05) is 13.8 Å². The van der Waals surface area contributed by atoms with Crippen LogP contribution in [0.1, 0.15) is 31.9 Å². The van der Waals surface area contributed by atoms with E-state index in [1.54, 1.807) is 0 Å². The van der Waals surface area contributed by atoms with Crippen molar-refractivity contribution in [2.24, 2.45) is 0 Å². The minimum absolute atomic E-state index is 0.119. The fraction of sp³-hybridized carbons (Fsp3) is 0.600. The van der Waals surface area contributed by atoms with Gasteiger partial charge in [-0.1, -0.05) is 35.0 Å². The van der Waals surface area contributed by atoms with E-state index >= 15 is 0 Å². The van der Waals surface area contributed by atoms with Crippen LogP contribution in [0.2, 0.25) is 0 Å². The highest BCUT2D eigenvalue weighted by atomic mass is 79.9. The SMILES string of the molecule is CCNCc1ccc(COC(C)COCC)c(Br)c1. The summed E-state index contributed by atoms with van der Waals surface area (Å²) in [5.41, 5.74) is 2.45. The Kier molecular flexibility index (Phi) is 8.30. The van der Waals surface area contributed by atoms with Gasteiger partial charge in [-0.05, 0) is 37.6 Å². The summed E-state index contributed by atoms with van der Waals surface area (Å²) in [5.74, 6) is 0. The molecule has 0 spiro atoms. The lowest BCUT2D eigenvalue weighted by Gasteiger charge is -2.14. The van der Waals surface area contributed by atoms with Crippen LogP contribution in [0, 0.1) is 0 Å². The summed E-state index contributed by atoms with van der Waals surface area (Å²) in [5, 5.41) is 3.32. The van der Waals surface area contributed by atoms with Crippen molar-refractivity contribution in [3.05, 3.63) is 33.8 Å². The van der Waals surface area contributed by atoms with Gasteiger partial charge in [0.05, 0.1) is 19.3 Å². The second kappa shape index (κ2) is 9.48. The largest absolute Gasteiger partial charge is 0.379 e. The molecule has 0 aromatic heterocycles. The van der Waals surface area contributed by atoms with Crippen molar-refractivity contribution >= 4 is 15.9 Å². The van der Waals surface area contributed by atoms with Crippen LogP contribution in [-0.4, -0.2) is 25.9 Å². The maximum absolute atomic E-state index is 5.76. The van der Waals surface area contributed by atoms with Gasteiger partial charge >= 0.3 is 0 Å². The van der Waals surface area contributed by atoms with E-state index in [0.717, 1.165) is 24.2 Å². The normalized spacial score (nSPS) is 12.6. The number of nitrogens with one attached hydrogen (secondary N) is 1. The van der Waals surface area contributed by atoms with E-state index < -0.39 is 0 Å². The van der Waals surface area contributed by atoms with Gasteiger partial charge in [-0.3, -0.25) is 0 Å². The Labute approximate surface area is 124 Å². The summed E-state index contributed by atoms with van der Waals surface area (Å²) in [6.45, 7) is 10.0. The average Bonchev–Trinajstić information content (AvgIpc) is 2.41. The lowest BCUT2D eigenvalue weighted by atomic mass is 10.1. The molecule has 3 nitrogen and oxygen atoms in total. The van der Waals surface area contributed by atoms with Gasteiger partial charge in [0.15, 0.2) is 0 Å². The number of halogens is 1. The summed E-state index contributed by atoms with van der Waals surface area (Å²) >= 11 is 3.60. The Balaban J connectivity index is 2.45. The van der Waals surface area contributed by atoms with Gasteiger partial charge in [-0.2, -0.15) is 0 Å². The molecule has 0 saturated heterocycles. The first-order valence-electron chi connectivity index (χ1n) is 6.84. The molecule has 1 aromatic rings. The van der Waals surface area contributed by atoms with Crippen LogP contribution in [0.4, 0.5) is 0 Å². The molecule has 1 aromatic carbocycles. The molecular weight excluding hydrogens is 306 g/mol. The first kappa shape index (κ1) is 16.6. The van der Waals surface area contributed by atoms with Crippen molar-refractivity contribution in [3.8, 4) is 0 Å².